The summed E-state index contributed by atoms with van der Waals surface area (Å²) in [7, 11) is 3.16. The van der Waals surface area contributed by atoms with Crippen LogP contribution in [0, 0.1) is 11.8 Å². The minimum atomic E-state index is -0.641. The van der Waals surface area contributed by atoms with Crippen molar-refractivity contribution in [1.29, 1.82) is 0 Å². The zero-order valence-electron chi connectivity index (χ0n) is 12.2. The molecular weight excluding hydrogens is 242 g/mol. The van der Waals surface area contributed by atoms with E-state index in [-0.39, 0.29) is 5.92 Å². The molecule has 4 nitrogen and oxygen atoms in total. The molecule has 1 aromatic carbocycles. The van der Waals surface area contributed by atoms with E-state index in [1.807, 2.05) is 18.2 Å². The van der Waals surface area contributed by atoms with Crippen molar-refractivity contribution in [3.63, 3.8) is 0 Å². The molecule has 0 aliphatic carbocycles. The standard InChI is InChI=1S/C15H25NO3/c1-10(2)8-11(9-16)14(17)12-6-5-7-13(18-3)15(12)19-4/h5-7,10-11,14,17H,8-9,16H2,1-4H3. The summed E-state index contributed by atoms with van der Waals surface area (Å²) in [4.78, 5) is 0. The van der Waals surface area contributed by atoms with Crippen LogP contribution in [0.4, 0.5) is 0 Å². The Morgan fingerprint density at radius 2 is 1.89 bits per heavy atom. The van der Waals surface area contributed by atoms with Crippen molar-refractivity contribution in [1.82, 2.24) is 0 Å². The Morgan fingerprint density at radius 1 is 1.21 bits per heavy atom. The van der Waals surface area contributed by atoms with E-state index >= 15 is 0 Å². The van der Waals surface area contributed by atoms with Gasteiger partial charge in [0.1, 0.15) is 0 Å². The van der Waals surface area contributed by atoms with E-state index < -0.39 is 6.10 Å². The second-order valence-corrected chi connectivity index (χ2v) is 5.15. The van der Waals surface area contributed by atoms with Crippen molar-refractivity contribution in [3.05, 3.63) is 23.8 Å². The van der Waals surface area contributed by atoms with Gasteiger partial charge >= 0.3 is 0 Å². The molecule has 108 valence electrons. The summed E-state index contributed by atoms with van der Waals surface area (Å²) in [5.41, 5.74) is 6.52. The van der Waals surface area contributed by atoms with Crippen LogP contribution in [0.25, 0.3) is 0 Å². The zero-order chi connectivity index (χ0) is 14.4. The van der Waals surface area contributed by atoms with Crippen LogP contribution >= 0.6 is 0 Å². The topological polar surface area (TPSA) is 64.7 Å². The van der Waals surface area contributed by atoms with Crippen molar-refractivity contribution in [2.75, 3.05) is 20.8 Å². The quantitative estimate of drug-likeness (QED) is 0.796. The predicted octanol–water partition coefficient (Wildman–Crippen LogP) is 2.36. The molecule has 19 heavy (non-hydrogen) atoms. The maximum absolute atomic E-state index is 10.5. The smallest absolute Gasteiger partial charge is 0.166 e. The molecule has 0 radical (unpaired) electrons. The number of methoxy groups -OCH3 is 2. The fraction of sp³-hybridized carbons (Fsp3) is 0.600. The molecule has 3 N–H and O–H groups in total. The van der Waals surface area contributed by atoms with Gasteiger partial charge in [-0.05, 0) is 24.9 Å². The first-order valence-corrected chi connectivity index (χ1v) is 6.64. The number of para-hydroxylation sites is 1. The van der Waals surface area contributed by atoms with Crippen LogP contribution in [0.3, 0.4) is 0 Å². The molecule has 2 unspecified atom stereocenters. The van der Waals surface area contributed by atoms with Gasteiger partial charge in [-0.25, -0.2) is 0 Å². The number of nitrogens with two attached hydrogens (primary N) is 1. The molecule has 0 amide bonds. The van der Waals surface area contributed by atoms with Gasteiger partial charge in [0, 0.05) is 11.5 Å². The van der Waals surface area contributed by atoms with E-state index in [9.17, 15) is 5.11 Å². The van der Waals surface area contributed by atoms with Gasteiger partial charge in [-0.15, -0.1) is 0 Å². The van der Waals surface area contributed by atoms with Crippen LogP contribution in [-0.4, -0.2) is 25.9 Å². The molecule has 0 bridgehead atoms. The summed E-state index contributed by atoms with van der Waals surface area (Å²) in [6.07, 6.45) is 0.232. The first-order valence-electron chi connectivity index (χ1n) is 6.64. The lowest BCUT2D eigenvalue weighted by atomic mass is 9.88. The SMILES string of the molecule is COc1cccc(C(O)C(CN)CC(C)C)c1OC. The third kappa shape index (κ3) is 3.85. The molecule has 0 aromatic heterocycles. The van der Waals surface area contributed by atoms with Crippen LogP contribution in [-0.2, 0) is 0 Å². The summed E-state index contributed by atoms with van der Waals surface area (Å²) >= 11 is 0. The van der Waals surface area contributed by atoms with Crippen LogP contribution < -0.4 is 15.2 Å². The third-order valence-electron chi connectivity index (χ3n) is 3.28. The molecule has 2 atom stereocenters. The van der Waals surface area contributed by atoms with Gasteiger partial charge in [0.05, 0.1) is 20.3 Å². The average molecular weight is 267 g/mol. The van der Waals surface area contributed by atoms with Crippen molar-refractivity contribution < 1.29 is 14.6 Å². The fourth-order valence-electron chi connectivity index (χ4n) is 2.36. The van der Waals surface area contributed by atoms with Gasteiger partial charge < -0.3 is 20.3 Å². The Labute approximate surface area is 115 Å². The highest BCUT2D eigenvalue weighted by atomic mass is 16.5. The maximum Gasteiger partial charge on any atom is 0.166 e. The molecule has 0 spiro atoms. The summed E-state index contributed by atoms with van der Waals surface area (Å²) in [5.74, 6) is 1.71. The van der Waals surface area contributed by atoms with E-state index in [0.29, 0.717) is 24.0 Å². The molecule has 0 aliphatic rings. The summed E-state index contributed by atoms with van der Waals surface area (Å²) in [5, 5.41) is 10.5. The second kappa shape index (κ2) is 7.36. The molecule has 0 aliphatic heterocycles. The lowest BCUT2D eigenvalue weighted by Crippen LogP contribution is -2.24. The molecular formula is C15H25NO3. The largest absolute Gasteiger partial charge is 0.493 e. The number of aliphatic hydroxyl groups is 1. The Hall–Kier alpha value is -1.26. The highest BCUT2D eigenvalue weighted by Crippen LogP contribution is 2.38. The number of rotatable bonds is 7. The van der Waals surface area contributed by atoms with E-state index in [1.54, 1.807) is 14.2 Å². The monoisotopic (exact) mass is 267 g/mol. The van der Waals surface area contributed by atoms with E-state index in [1.165, 1.54) is 0 Å². The van der Waals surface area contributed by atoms with E-state index in [4.69, 9.17) is 15.2 Å². The van der Waals surface area contributed by atoms with Crippen molar-refractivity contribution in [3.8, 4) is 11.5 Å². The van der Waals surface area contributed by atoms with E-state index in [0.717, 1.165) is 12.0 Å². The zero-order valence-corrected chi connectivity index (χ0v) is 12.2. The highest BCUT2D eigenvalue weighted by molar-refractivity contribution is 5.47. The molecule has 0 heterocycles. The van der Waals surface area contributed by atoms with Gasteiger partial charge in [0.2, 0.25) is 0 Å². The van der Waals surface area contributed by atoms with Gasteiger partial charge in [-0.2, -0.15) is 0 Å². The van der Waals surface area contributed by atoms with Crippen LogP contribution in [0.1, 0.15) is 31.9 Å². The summed E-state index contributed by atoms with van der Waals surface area (Å²) in [6, 6.07) is 5.52. The third-order valence-corrected chi connectivity index (χ3v) is 3.28. The lowest BCUT2D eigenvalue weighted by Gasteiger charge is -2.25. The lowest BCUT2D eigenvalue weighted by molar-refractivity contribution is 0.0963. The number of aliphatic hydroxyl groups excluding tert-OH is 1. The minimum absolute atomic E-state index is 0.0148. The number of hydrogen-bond donors (Lipinski definition) is 2. The summed E-state index contributed by atoms with van der Waals surface area (Å²) < 4.78 is 10.6. The Kier molecular flexibility index (Phi) is 6.12. The molecule has 0 saturated carbocycles. The minimum Gasteiger partial charge on any atom is -0.493 e. The Morgan fingerprint density at radius 3 is 2.37 bits per heavy atom. The van der Waals surface area contributed by atoms with Gasteiger partial charge in [-0.3, -0.25) is 0 Å². The first-order chi connectivity index (χ1) is 9.04. The molecule has 1 rings (SSSR count). The van der Waals surface area contributed by atoms with Crippen molar-refractivity contribution in [2.45, 2.75) is 26.4 Å². The van der Waals surface area contributed by atoms with Crippen molar-refractivity contribution in [2.24, 2.45) is 17.6 Å². The predicted molar refractivity (Wildman–Crippen MR) is 76.5 cm³/mol. The highest BCUT2D eigenvalue weighted by Gasteiger charge is 2.25. The first kappa shape index (κ1) is 15.8. The fourth-order valence-corrected chi connectivity index (χ4v) is 2.36. The second-order valence-electron chi connectivity index (χ2n) is 5.15. The summed E-state index contributed by atoms with van der Waals surface area (Å²) in [6.45, 7) is 4.69. The van der Waals surface area contributed by atoms with Crippen LogP contribution in [0.2, 0.25) is 0 Å². The number of hydrogen-bond acceptors (Lipinski definition) is 4. The van der Waals surface area contributed by atoms with E-state index in [2.05, 4.69) is 13.8 Å². The van der Waals surface area contributed by atoms with Crippen LogP contribution in [0.5, 0.6) is 11.5 Å². The molecule has 0 saturated heterocycles. The Balaban J connectivity index is 3.06. The van der Waals surface area contributed by atoms with Crippen molar-refractivity contribution >= 4 is 0 Å². The normalized spacial score (nSPS) is 14.3. The van der Waals surface area contributed by atoms with Gasteiger partial charge in [-0.1, -0.05) is 26.0 Å². The average Bonchev–Trinajstić information content (AvgIpc) is 2.42. The van der Waals surface area contributed by atoms with Crippen LogP contribution in [0.15, 0.2) is 18.2 Å². The number of benzene rings is 1. The molecule has 1 aromatic rings. The number of ether oxygens (including phenoxy) is 2. The molecule has 4 heteroatoms. The van der Waals surface area contributed by atoms with Gasteiger partial charge in [0.25, 0.3) is 0 Å². The molecule has 0 fully saturated rings. The maximum atomic E-state index is 10.5. The van der Waals surface area contributed by atoms with Gasteiger partial charge in [0.15, 0.2) is 11.5 Å². The Bertz CT molecular complexity index is 393.